The van der Waals surface area contributed by atoms with Crippen LogP contribution in [0.2, 0.25) is 10.0 Å². The Balaban J connectivity index is 1.49. The molecule has 1 saturated carbocycles. The molecule has 146 valence electrons. The average Bonchev–Trinajstić information content (AvgIpc) is 3.02. The molecule has 0 spiro atoms. The molecule has 1 N–H and O–H groups in total. The van der Waals surface area contributed by atoms with E-state index in [0.29, 0.717) is 15.7 Å². The van der Waals surface area contributed by atoms with Gasteiger partial charge in [0.05, 0.1) is 16.5 Å². The molecule has 0 unspecified atom stereocenters. The minimum atomic E-state index is -0.157. The van der Waals surface area contributed by atoms with Crippen molar-refractivity contribution in [2.24, 2.45) is 13.0 Å². The lowest BCUT2D eigenvalue weighted by atomic mass is 9.86. The third-order valence-corrected chi connectivity index (χ3v) is 6.55. The van der Waals surface area contributed by atoms with Crippen molar-refractivity contribution < 1.29 is 4.79 Å². The van der Waals surface area contributed by atoms with E-state index in [1.807, 2.05) is 11.6 Å². The number of benzene rings is 1. The molecule has 0 bridgehead atoms. The van der Waals surface area contributed by atoms with Crippen LogP contribution in [0.25, 0.3) is 0 Å². The van der Waals surface area contributed by atoms with E-state index in [2.05, 4.69) is 15.5 Å². The highest BCUT2D eigenvalue weighted by molar-refractivity contribution is 7.99. The van der Waals surface area contributed by atoms with Crippen LogP contribution in [0.5, 0.6) is 0 Å². The fourth-order valence-corrected chi connectivity index (χ4v) is 4.47. The molecule has 1 fully saturated rings. The predicted octanol–water partition coefficient (Wildman–Crippen LogP) is 5.37. The lowest BCUT2D eigenvalue weighted by Crippen LogP contribution is -2.15. The van der Waals surface area contributed by atoms with Crippen LogP contribution in [0.4, 0.5) is 5.69 Å². The van der Waals surface area contributed by atoms with Gasteiger partial charge in [0.2, 0.25) is 5.91 Å². The van der Waals surface area contributed by atoms with Crippen LogP contribution in [-0.2, 0) is 18.3 Å². The van der Waals surface area contributed by atoms with Gasteiger partial charge in [-0.15, -0.1) is 10.2 Å². The summed E-state index contributed by atoms with van der Waals surface area (Å²) in [6.45, 7) is 0. The average molecular weight is 427 g/mol. The first kappa shape index (κ1) is 20.5. The van der Waals surface area contributed by atoms with Gasteiger partial charge in [-0.2, -0.15) is 0 Å². The van der Waals surface area contributed by atoms with Crippen molar-refractivity contribution in [3.8, 4) is 0 Å². The SMILES string of the molecule is Cn1c(CCC2CCCCC2)nnc1SCC(=O)Nc1cc(Cl)ccc1Cl. The van der Waals surface area contributed by atoms with Gasteiger partial charge < -0.3 is 9.88 Å². The Kier molecular flexibility index (Phi) is 7.44. The number of hydrogen-bond acceptors (Lipinski definition) is 4. The van der Waals surface area contributed by atoms with Gasteiger partial charge >= 0.3 is 0 Å². The van der Waals surface area contributed by atoms with E-state index in [-0.39, 0.29) is 11.7 Å². The number of aryl methyl sites for hydroxylation is 1. The second-order valence-corrected chi connectivity index (χ2v) is 8.75. The third-order valence-electron chi connectivity index (χ3n) is 4.96. The molecule has 3 rings (SSSR count). The lowest BCUT2D eigenvalue weighted by Gasteiger charge is -2.20. The molecule has 1 aromatic carbocycles. The molecule has 27 heavy (non-hydrogen) atoms. The first-order valence-corrected chi connectivity index (χ1v) is 11.0. The van der Waals surface area contributed by atoms with E-state index >= 15 is 0 Å². The Bertz CT molecular complexity index is 790. The van der Waals surface area contributed by atoms with Gasteiger partial charge in [0, 0.05) is 18.5 Å². The summed E-state index contributed by atoms with van der Waals surface area (Å²) in [6.07, 6.45) is 8.89. The van der Waals surface area contributed by atoms with E-state index in [1.165, 1.54) is 50.3 Å². The molecule has 1 aromatic heterocycles. The number of aromatic nitrogens is 3. The summed E-state index contributed by atoms with van der Waals surface area (Å²) >= 11 is 13.4. The van der Waals surface area contributed by atoms with Gasteiger partial charge in [0.25, 0.3) is 0 Å². The van der Waals surface area contributed by atoms with E-state index in [9.17, 15) is 4.79 Å². The zero-order valence-electron chi connectivity index (χ0n) is 15.4. The minimum absolute atomic E-state index is 0.157. The van der Waals surface area contributed by atoms with Crippen LogP contribution in [0.3, 0.4) is 0 Å². The molecule has 1 amide bonds. The van der Waals surface area contributed by atoms with Crippen molar-refractivity contribution in [3.05, 3.63) is 34.1 Å². The second kappa shape index (κ2) is 9.80. The molecule has 0 atom stereocenters. The molecule has 1 heterocycles. The summed E-state index contributed by atoms with van der Waals surface area (Å²) < 4.78 is 1.99. The van der Waals surface area contributed by atoms with Crippen molar-refractivity contribution in [1.29, 1.82) is 0 Å². The Morgan fingerprint density at radius 1 is 1.26 bits per heavy atom. The van der Waals surface area contributed by atoms with Crippen molar-refractivity contribution in [2.75, 3.05) is 11.1 Å². The normalized spacial score (nSPS) is 15.1. The summed E-state index contributed by atoms with van der Waals surface area (Å²) in [5.74, 6) is 1.88. The maximum absolute atomic E-state index is 12.2. The van der Waals surface area contributed by atoms with Gasteiger partial charge in [-0.05, 0) is 30.5 Å². The van der Waals surface area contributed by atoms with Crippen LogP contribution in [-0.4, -0.2) is 26.4 Å². The highest BCUT2D eigenvalue weighted by Gasteiger charge is 2.16. The van der Waals surface area contributed by atoms with Gasteiger partial charge in [0.15, 0.2) is 5.16 Å². The van der Waals surface area contributed by atoms with Gasteiger partial charge in [-0.1, -0.05) is 67.1 Å². The summed E-state index contributed by atoms with van der Waals surface area (Å²) in [7, 11) is 1.96. The maximum atomic E-state index is 12.2. The van der Waals surface area contributed by atoms with E-state index in [4.69, 9.17) is 23.2 Å². The predicted molar refractivity (Wildman–Crippen MR) is 112 cm³/mol. The molecule has 0 saturated heterocycles. The number of nitrogens with one attached hydrogen (secondary N) is 1. The number of thioether (sulfide) groups is 1. The minimum Gasteiger partial charge on any atom is -0.324 e. The van der Waals surface area contributed by atoms with Gasteiger partial charge in [0.1, 0.15) is 5.82 Å². The topological polar surface area (TPSA) is 59.8 Å². The van der Waals surface area contributed by atoms with Crippen LogP contribution in [0.1, 0.15) is 44.3 Å². The lowest BCUT2D eigenvalue weighted by molar-refractivity contribution is -0.113. The van der Waals surface area contributed by atoms with Crippen LogP contribution < -0.4 is 5.32 Å². The first-order valence-electron chi connectivity index (χ1n) is 9.29. The quantitative estimate of drug-likeness (QED) is 0.604. The number of carbonyl (C=O) groups is 1. The number of nitrogens with zero attached hydrogens (tertiary/aromatic N) is 3. The number of halogens is 2. The van der Waals surface area contributed by atoms with Crippen LogP contribution in [0.15, 0.2) is 23.4 Å². The number of carbonyl (C=O) groups excluding carboxylic acids is 1. The fourth-order valence-electron chi connectivity index (χ4n) is 3.41. The fraction of sp³-hybridized carbons (Fsp3) is 0.526. The van der Waals surface area contributed by atoms with Crippen LogP contribution in [0, 0.1) is 5.92 Å². The summed E-state index contributed by atoms with van der Waals surface area (Å²) in [5, 5.41) is 13.1. The molecular formula is C19H24Cl2N4OS. The molecule has 5 nitrogen and oxygen atoms in total. The smallest absolute Gasteiger partial charge is 0.234 e. The van der Waals surface area contributed by atoms with Crippen LogP contribution >= 0.6 is 35.0 Å². The molecule has 1 aliphatic rings. The summed E-state index contributed by atoms with van der Waals surface area (Å²) in [5.41, 5.74) is 0.515. The number of anilines is 1. The molecular weight excluding hydrogens is 403 g/mol. The van der Waals surface area contributed by atoms with E-state index in [1.54, 1.807) is 18.2 Å². The Hall–Kier alpha value is -1.24. The first-order chi connectivity index (χ1) is 13.0. The Morgan fingerprint density at radius 2 is 2.04 bits per heavy atom. The molecule has 0 radical (unpaired) electrons. The summed E-state index contributed by atoms with van der Waals surface area (Å²) in [6, 6.07) is 4.98. The van der Waals surface area contributed by atoms with Crippen molar-refractivity contribution >= 4 is 46.6 Å². The second-order valence-electron chi connectivity index (χ2n) is 6.96. The highest BCUT2D eigenvalue weighted by atomic mass is 35.5. The molecule has 8 heteroatoms. The van der Waals surface area contributed by atoms with Crippen molar-refractivity contribution in [1.82, 2.24) is 14.8 Å². The Labute approximate surface area is 174 Å². The van der Waals surface area contributed by atoms with Gasteiger partial charge in [-0.3, -0.25) is 4.79 Å². The largest absolute Gasteiger partial charge is 0.324 e. The van der Waals surface area contributed by atoms with Crippen molar-refractivity contribution in [3.63, 3.8) is 0 Å². The molecule has 1 aliphatic carbocycles. The van der Waals surface area contributed by atoms with E-state index in [0.717, 1.165) is 23.3 Å². The van der Waals surface area contributed by atoms with Crippen molar-refractivity contribution in [2.45, 2.75) is 50.1 Å². The number of rotatable bonds is 7. The molecule has 2 aromatic rings. The maximum Gasteiger partial charge on any atom is 0.234 e. The highest BCUT2D eigenvalue weighted by Crippen LogP contribution is 2.28. The third kappa shape index (κ3) is 5.87. The Morgan fingerprint density at radius 3 is 2.81 bits per heavy atom. The summed E-state index contributed by atoms with van der Waals surface area (Å²) in [4.78, 5) is 12.2. The number of hydrogen-bond donors (Lipinski definition) is 1. The standard InChI is InChI=1S/C19H24Cl2N4OS/c1-25-17(10-7-13-5-3-2-4-6-13)23-24-19(25)27-12-18(26)22-16-11-14(20)8-9-15(16)21/h8-9,11,13H,2-7,10,12H2,1H3,(H,22,26). The van der Waals surface area contributed by atoms with E-state index < -0.39 is 0 Å². The zero-order chi connectivity index (χ0) is 19.2. The monoisotopic (exact) mass is 426 g/mol. The van der Waals surface area contributed by atoms with Gasteiger partial charge in [-0.25, -0.2) is 0 Å². The molecule has 0 aliphatic heterocycles. The zero-order valence-corrected chi connectivity index (χ0v) is 17.7. The number of amides is 1.